The minimum atomic E-state index is 0.0121. The van der Waals surface area contributed by atoms with Gasteiger partial charge in [0.2, 0.25) is 0 Å². The van der Waals surface area contributed by atoms with E-state index in [9.17, 15) is 10.2 Å². The van der Waals surface area contributed by atoms with Crippen LogP contribution < -0.4 is 0 Å². The summed E-state index contributed by atoms with van der Waals surface area (Å²) in [5.41, 5.74) is 0.578. The Balaban J connectivity index is 1.96. The van der Waals surface area contributed by atoms with Crippen molar-refractivity contribution in [3.63, 3.8) is 0 Å². The number of benzene rings is 1. The Morgan fingerprint density at radius 1 is 1.33 bits per heavy atom. The summed E-state index contributed by atoms with van der Waals surface area (Å²) in [7, 11) is 0. The quantitative estimate of drug-likeness (QED) is 0.796. The van der Waals surface area contributed by atoms with Crippen molar-refractivity contribution in [3.05, 3.63) is 24.0 Å². The van der Waals surface area contributed by atoms with E-state index in [2.05, 4.69) is 24.0 Å². The molecule has 0 spiro atoms. The van der Waals surface area contributed by atoms with Gasteiger partial charge in [0.05, 0.1) is 5.56 Å². The number of hydrogen-bond acceptors (Lipinski definition) is 5. The Morgan fingerprint density at radius 3 is 2.72 bits per heavy atom. The van der Waals surface area contributed by atoms with E-state index in [1.54, 1.807) is 0 Å². The fourth-order valence-electron chi connectivity index (χ4n) is 2.09. The lowest BCUT2D eigenvalue weighted by atomic mass is 10.1. The number of phenolic OH excluding ortho intramolecular Hbond substituents is 2. The molecule has 0 radical (unpaired) electrons. The average molecular weight is 246 g/mol. The second-order valence-corrected chi connectivity index (χ2v) is 5.40. The first-order valence-corrected chi connectivity index (χ1v) is 5.83. The van der Waals surface area contributed by atoms with Crippen molar-refractivity contribution in [1.29, 1.82) is 0 Å². The van der Waals surface area contributed by atoms with Crippen molar-refractivity contribution >= 4 is 0 Å². The first-order valence-electron chi connectivity index (χ1n) is 5.83. The van der Waals surface area contributed by atoms with E-state index in [1.807, 2.05) is 0 Å². The molecule has 1 aliphatic carbocycles. The topological polar surface area (TPSA) is 79.4 Å². The highest BCUT2D eigenvalue weighted by molar-refractivity contribution is 5.64. The van der Waals surface area contributed by atoms with E-state index in [4.69, 9.17) is 4.52 Å². The number of phenols is 2. The molecule has 1 fully saturated rings. The first kappa shape index (κ1) is 11.1. The summed E-state index contributed by atoms with van der Waals surface area (Å²) in [6.07, 6.45) is 1.04. The summed E-state index contributed by atoms with van der Waals surface area (Å²) in [6, 6.07) is 4.21. The predicted molar refractivity (Wildman–Crippen MR) is 64.2 cm³/mol. The van der Waals surface area contributed by atoms with Crippen LogP contribution in [-0.2, 0) is 0 Å². The van der Waals surface area contributed by atoms with Gasteiger partial charge in [-0.15, -0.1) is 0 Å². The molecule has 18 heavy (non-hydrogen) atoms. The molecule has 5 heteroatoms. The molecule has 0 saturated heterocycles. The van der Waals surface area contributed by atoms with E-state index in [0.717, 1.165) is 6.42 Å². The second kappa shape index (κ2) is 3.48. The van der Waals surface area contributed by atoms with Crippen LogP contribution in [0.3, 0.4) is 0 Å². The molecule has 1 unspecified atom stereocenters. The molecule has 1 aliphatic rings. The van der Waals surface area contributed by atoms with Gasteiger partial charge in [-0.05, 0) is 30.0 Å². The number of rotatable bonds is 2. The molecule has 94 valence electrons. The van der Waals surface area contributed by atoms with Crippen LogP contribution in [0.1, 0.15) is 32.0 Å². The summed E-state index contributed by atoms with van der Waals surface area (Å²) in [5, 5.41) is 23.1. The highest BCUT2D eigenvalue weighted by Crippen LogP contribution is 2.57. The molecule has 1 aromatic carbocycles. The van der Waals surface area contributed by atoms with Crippen molar-refractivity contribution in [2.24, 2.45) is 5.41 Å². The molecule has 1 heterocycles. The third-order valence-electron chi connectivity index (χ3n) is 3.48. The van der Waals surface area contributed by atoms with Gasteiger partial charge in [0, 0.05) is 5.92 Å². The van der Waals surface area contributed by atoms with Crippen molar-refractivity contribution in [3.8, 4) is 23.0 Å². The van der Waals surface area contributed by atoms with Gasteiger partial charge < -0.3 is 14.7 Å². The van der Waals surface area contributed by atoms with E-state index in [0.29, 0.717) is 17.3 Å². The van der Waals surface area contributed by atoms with E-state index in [-0.39, 0.29) is 22.8 Å². The van der Waals surface area contributed by atoms with Crippen LogP contribution in [0.4, 0.5) is 0 Å². The van der Waals surface area contributed by atoms with E-state index in [1.165, 1.54) is 18.2 Å². The van der Waals surface area contributed by atoms with E-state index >= 15 is 0 Å². The van der Waals surface area contributed by atoms with Crippen molar-refractivity contribution in [2.45, 2.75) is 26.2 Å². The normalized spacial score (nSPS) is 20.9. The van der Waals surface area contributed by atoms with Crippen molar-refractivity contribution in [2.75, 3.05) is 0 Å². The number of aromatic hydroxyl groups is 2. The molecule has 1 atom stereocenters. The Bertz CT molecular complexity index is 604. The lowest BCUT2D eigenvalue weighted by Gasteiger charge is -1.99. The van der Waals surface area contributed by atoms with Crippen LogP contribution in [0.15, 0.2) is 22.7 Å². The SMILES string of the molecule is CC1(C)CC1c1noc(-c2cc(O)ccc2O)n1. The first-order chi connectivity index (χ1) is 8.47. The fourth-order valence-corrected chi connectivity index (χ4v) is 2.09. The van der Waals surface area contributed by atoms with Gasteiger partial charge in [-0.25, -0.2) is 0 Å². The molecule has 2 N–H and O–H groups in total. The van der Waals surface area contributed by atoms with Gasteiger partial charge in [0.25, 0.3) is 5.89 Å². The van der Waals surface area contributed by atoms with Crippen LogP contribution in [0.5, 0.6) is 11.5 Å². The van der Waals surface area contributed by atoms with Gasteiger partial charge in [-0.2, -0.15) is 4.98 Å². The number of nitrogens with zero attached hydrogens (tertiary/aromatic N) is 2. The van der Waals surface area contributed by atoms with Crippen LogP contribution >= 0.6 is 0 Å². The van der Waals surface area contributed by atoms with E-state index < -0.39 is 0 Å². The summed E-state index contributed by atoms with van der Waals surface area (Å²) >= 11 is 0. The Kier molecular flexibility index (Phi) is 2.14. The molecular formula is C13H14N2O3. The van der Waals surface area contributed by atoms with Gasteiger partial charge in [-0.1, -0.05) is 19.0 Å². The number of hydrogen-bond donors (Lipinski definition) is 2. The Labute approximate surface area is 104 Å². The zero-order valence-electron chi connectivity index (χ0n) is 10.2. The smallest absolute Gasteiger partial charge is 0.261 e. The fraction of sp³-hybridized carbons (Fsp3) is 0.385. The van der Waals surface area contributed by atoms with Gasteiger partial charge in [0.15, 0.2) is 5.82 Å². The van der Waals surface area contributed by atoms with Crippen LogP contribution in [-0.4, -0.2) is 20.4 Å². The summed E-state index contributed by atoms with van der Waals surface area (Å²) in [6.45, 7) is 4.30. The monoisotopic (exact) mass is 246 g/mol. The largest absolute Gasteiger partial charge is 0.508 e. The predicted octanol–water partition coefficient (Wildman–Crippen LogP) is 2.66. The summed E-state index contributed by atoms with van der Waals surface area (Å²) in [5.74, 6) is 1.28. The molecular weight excluding hydrogens is 232 g/mol. The Hall–Kier alpha value is -2.04. The average Bonchev–Trinajstić information content (AvgIpc) is 2.77. The lowest BCUT2D eigenvalue weighted by Crippen LogP contribution is -1.91. The van der Waals surface area contributed by atoms with Gasteiger partial charge in [-0.3, -0.25) is 0 Å². The Morgan fingerprint density at radius 2 is 2.06 bits per heavy atom. The molecule has 0 bridgehead atoms. The zero-order valence-corrected chi connectivity index (χ0v) is 10.2. The van der Waals surface area contributed by atoms with Crippen LogP contribution in [0.25, 0.3) is 11.5 Å². The molecule has 1 aromatic heterocycles. The third-order valence-corrected chi connectivity index (χ3v) is 3.48. The minimum absolute atomic E-state index is 0.0121. The van der Waals surface area contributed by atoms with Gasteiger partial charge in [0.1, 0.15) is 11.5 Å². The lowest BCUT2D eigenvalue weighted by molar-refractivity contribution is 0.413. The highest BCUT2D eigenvalue weighted by atomic mass is 16.5. The maximum atomic E-state index is 9.72. The molecule has 1 saturated carbocycles. The summed E-state index contributed by atoms with van der Waals surface area (Å²) < 4.78 is 5.15. The molecule has 2 aromatic rings. The standard InChI is InChI=1S/C13H14N2O3/c1-13(2)6-9(13)11-14-12(18-15-11)8-5-7(16)3-4-10(8)17/h3-5,9,16-17H,6H2,1-2H3. The summed E-state index contributed by atoms with van der Waals surface area (Å²) in [4.78, 5) is 4.29. The molecule has 0 aliphatic heterocycles. The van der Waals surface area contributed by atoms with Crippen molar-refractivity contribution < 1.29 is 14.7 Å². The maximum Gasteiger partial charge on any atom is 0.261 e. The maximum absolute atomic E-state index is 9.72. The number of aromatic nitrogens is 2. The second-order valence-electron chi connectivity index (χ2n) is 5.40. The molecule has 5 nitrogen and oxygen atoms in total. The minimum Gasteiger partial charge on any atom is -0.508 e. The van der Waals surface area contributed by atoms with Crippen LogP contribution in [0.2, 0.25) is 0 Å². The third kappa shape index (κ3) is 1.72. The van der Waals surface area contributed by atoms with Crippen LogP contribution in [0, 0.1) is 5.41 Å². The van der Waals surface area contributed by atoms with Gasteiger partial charge >= 0.3 is 0 Å². The zero-order chi connectivity index (χ0) is 12.9. The van der Waals surface area contributed by atoms with Crippen molar-refractivity contribution in [1.82, 2.24) is 10.1 Å². The molecule has 0 amide bonds. The molecule has 3 rings (SSSR count). The highest BCUT2D eigenvalue weighted by Gasteiger charge is 2.49.